The van der Waals surface area contributed by atoms with E-state index in [0.717, 1.165) is 25.9 Å². The molecule has 5 nitrogen and oxygen atoms in total. The molecular weight excluding hydrogens is 352 g/mol. The molecule has 1 N–H and O–H groups in total. The van der Waals surface area contributed by atoms with Gasteiger partial charge in [-0.15, -0.1) is 0 Å². The summed E-state index contributed by atoms with van der Waals surface area (Å²) in [6.45, 7) is 3.08. The number of hydrogen-bond acceptors (Lipinski definition) is 4. The molecule has 0 saturated carbocycles. The number of aliphatic hydroxyl groups is 1. The minimum Gasteiger partial charge on any atom is -0.448 e. The van der Waals surface area contributed by atoms with Crippen LogP contribution in [-0.2, 0) is 4.74 Å². The SMILES string of the molecule is CN(C(=O)OCC1c2ccccc2-c2ccccc21)C1CCN(CCO)CC1. The van der Waals surface area contributed by atoms with Crippen LogP contribution in [0.4, 0.5) is 4.79 Å². The summed E-state index contributed by atoms with van der Waals surface area (Å²) in [5.41, 5.74) is 4.94. The molecule has 148 valence electrons. The largest absolute Gasteiger partial charge is 0.448 e. The van der Waals surface area contributed by atoms with Crippen LogP contribution in [0, 0.1) is 0 Å². The highest BCUT2D eigenvalue weighted by Gasteiger charge is 2.31. The van der Waals surface area contributed by atoms with Crippen LogP contribution < -0.4 is 0 Å². The average molecular weight is 380 g/mol. The van der Waals surface area contributed by atoms with Crippen LogP contribution in [-0.4, -0.2) is 66.9 Å². The average Bonchev–Trinajstić information content (AvgIpc) is 3.06. The summed E-state index contributed by atoms with van der Waals surface area (Å²) in [5, 5.41) is 9.07. The number of carbonyl (C=O) groups is 1. The minimum atomic E-state index is -0.248. The van der Waals surface area contributed by atoms with E-state index in [9.17, 15) is 4.79 Å². The smallest absolute Gasteiger partial charge is 0.409 e. The number of rotatable bonds is 5. The van der Waals surface area contributed by atoms with E-state index in [0.29, 0.717) is 13.2 Å². The number of fused-ring (bicyclic) bond motifs is 3. The normalized spacial score (nSPS) is 17.2. The van der Waals surface area contributed by atoms with Gasteiger partial charge < -0.3 is 19.6 Å². The number of benzene rings is 2. The van der Waals surface area contributed by atoms with Gasteiger partial charge in [0, 0.05) is 38.6 Å². The zero-order valence-corrected chi connectivity index (χ0v) is 16.4. The van der Waals surface area contributed by atoms with Crippen LogP contribution in [0.1, 0.15) is 29.9 Å². The van der Waals surface area contributed by atoms with E-state index < -0.39 is 0 Å². The second-order valence-corrected chi connectivity index (χ2v) is 7.71. The standard InChI is InChI=1S/C23H28N2O3/c1-24(17-10-12-25(13-11-17)14-15-26)23(27)28-16-22-20-8-4-2-6-18(20)19-7-3-5-9-21(19)22/h2-9,17,22,26H,10-16H2,1H3. The molecule has 4 rings (SSSR count). The fraction of sp³-hybridized carbons (Fsp3) is 0.435. The molecule has 1 saturated heterocycles. The molecule has 1 aliphatic carbocycles. The van der Waals surface area contributed by atoms with Gasteiger partial charge in [-0.05, 0) is 35.1 Å². The Bertz CT molecular complexity index is 785. The molecule has 5 heteroatoms. The van der Waals surface area contributed by atoms with Crippen LogP contribution in [0.15, 0.2) is 48.5 Å². The number of carbonyl (C=O) groups excluding carboxylic acids is 1. The van der Waals surface area contributed by atoms with Crippen molar-refractivity contribution in [1.29, 1.82) is 0 Å². The lowest BCUT2D eigenvalue weighted by Gasteiger charge is -2.36. The molecule has 2 aromatic carbocycles. The molecule has 0 radical (unpaired) electrons. The maximum atomic E-state index is 12.7. The minimum absolute atomic E-state index is 0.0937. The third kappa shape index (κ3) is 3.64. The maximum absolute atomic E-state index is 12.7. The molecule has 0 unspecified atom stereocenters. The summed E-state index contributed by atoms with van der Waals surface area (Å²) in [5.74, 6) is 0.0937. The molecule has 1 heterocycles. The molecule has 0 aromatic heterocycles. The van der Waals surface area contributed by atoms with Gasteiger partial charge in [0.2, 0.25) is 0 Å². The second kappa shape index (κ2) is 8.33. The zero-order valence-electron chi connectivity index (χ0n) is 16.4. The third-order valence-electron chi connectivity index (χ3n) is 6.15. The van der Waals surface area contributed by atoms with Gasteiger partial charge in [-0.3, -0.25) is 0 Å². The van der Waals surface area contributed by atoms with Gasteiger partial charge >= 0.3 is 6.09 Å². The van der Waals surface area contributed by atoms with E-state index in [-0.39, 0.29) is 24.7 Å². The number of hydrogen-bond donors (Lipinski definition) is 1. The van der Waals surface area contributed by atoms with E-state index >= 15 is 0 Å². The van der Waals surface area contributed by atoms with Crippen LogP contribution in [0.2, 0.25) is 0 Å². The van der Waals surface area contributed by atoms with Crippen molar-refractivity contribution in [2.24, 2.45) is 0 Å². The first-order chi connectivity index (χ1) is 13.7. The number of β-amino-alcohol motifs (C(OH)–C–C–N with tert-alkyl or cyclic N) is 1. The van der Waals surface area contributed by atoms with Crippen molar-refractivity contribution in [3.8, 4) is 11.1 Å². The van der Waals surface area contributed by atoms with E-state index in [1.54, 1.807) is 4.90 Å². The summed E-state index contributed by atoms with van der Waals surface area (Å²) >= 11 is 0. The molecule has 0 atom stereocenters. The first-order valence-corrected chi connectivity index (χ1v) is 10.1. The van der Waals surface area contributed by atoms with E-state index in [4.69, 9.17) is 9.84 Å². The van der Waals surface area contributed by atoms with Crippen molar-refractivity contribution in [2.45, 2.75) is 24.8 Å². The maximum Gasteiger partial charge on any atom is 0.409 e. The Hall–Kier alpha value is -2.37. The van der Waals surface area contributed by atoms with Crippen molar-refractivity contribution in [3.05, 3.63) is 59.7 Å². The molecule has 28 heavy (non-hydrogen) atoms. The van der Waals surface area contributed by atoms with Crippen LogP contribution >= 0.6 is 0 Å². The topological polar surface area (TPSA) is 53.0 Å². The number of amides is 1. The number of piperidine rings is 1. The first-order valence-electron chi connectivity index (χ1n) is 10.1. The monoisotopic (exact) mass is 380 g/mol. The summed E-state index contributed by atoms with van der Waals surface area (Å²) < 4.78 is 5.76. The Labute approximate surface area is 166 Å². The fourth-order valence-corrected chi connectivity index (χ4v) is 4.52. The molecule has 1 amide bonds. The first kappa shape index (κ1) is 19.0. The molecule has 0 bridgehead atoms. The Kier molecular flexibility index (Phi) is 5.64. The lowest BCUT2D eigenvalue weighted by molar-refractivity contribution is 0.0717. The Morgan fingerprint density at radius 1 is 1.07 bits per heavy atom. The van der Waals surface area contributed by atoms with E-state index in [1.165, 1.54) is 22.3 Å². The molecule has 2 aromatic rings. The van der Waals surface area contributed by atoms with Gasteiger partial charge in [0.25, 0.3) is 0 Å². The summed E-state index contributed by atoms with van der Waals surface area (Å²) in [6, 6.07) is 17.0. The number of likely N-dealkylation sites (tertiary alicyclic amines) is 1. The third-order valence-corrected chi connectivity index (χ3v) is 6.15. The highest BCUT2D eigenvalue weighted by Crippen LogP contribution is 2.44. The lowest BCUT2D eigenvalue weighted by Crippen LogP contribution is -2.46. The van der Waals surface area contributed by atoms with E-state index in [1.807, 2.05) is 19.2 Å². The Balaban J connectivity index is 1.39. The van der Waals surface area contributed by atoms with Gasteiger partial charge in [-0.1, -0.05) is 48.5 Å². The fourth-order valence-electron chi connectivity index (χ4n) is 4.52. The van der Waals surface area contributed by atoms with Gasteiger partial charge in [0.15, 0.2) is 0 Å². The predicted octanol–water partition coefficient (Wildman–Crippen LogP) is 3.32. The lowest BCUT2D eigenvalue weighted by atomic mass is 9.98. The molecule has 1 aliphatic heterocycles. The quantitative estimate of drug-likeness (QED) is 0.865. The molecule has 1 fully saturated rings. The zero-order chi connectivity index (χ0) is 19.5. The summed E-state index contributed by atoms with van der Waals surface area (Å²) in [4.78, 5) is 16.7. The van der Waals surface area contributed by atoms with Gasteiger partial charge in [0.1, 0.15) is 6.61 Å². The van der Waals surface area contributed by atoms with Crippen molar-refractivity contribution in [2.75, 3.05) is 39.9 Å². The van der Waals surface area contributed by atoms with Gasteiger partial charge in [0.05, 0.1) is 6.61 Å². The molecule has 0 spiro atoms. The van der Waals surface area contributed by atoms with Crippen LogP contribution in [0.3, 0.4) is 0 Å². The number of aliphatic hydroxyl groups excluding tert-OH is 1. The Morgan fingerprint density at radius 2 is 1.64 bits per heavy atom. The summed E-state index contributed by atoms with van der Waals surface area (Å²) in [6.07, 6.45) is 1.59. The second-order valence-electron chi connectivity index (χ2n) is 7.71. The Morgan fingerprint density at radius 3 is 2.21 bits per heavy atom. The molecule has 2 aliphatic rings. The van der Waals surface area contributed by atoms with Gasteiger partial charge in [-0.2, -0.15) is 0 Å². The van der Waals surface area contributed by atoms with Crippen molar-refractivity contribution < 1.29 is 14.6 Å². The van der Waals surface area contributed by atoms with Crippen molar-refractivity contribution in [1.82, 2.24) is 9.80 Å². The highest BCUT2D eigenvalue weighted by atomic mass is 16.6. The van der Waals surface area contributed by atoms with Crippen molar-refractivity contribution >= 4 is 6.09 Å². The highest BCUT2D eigenvalue weighted by molar-refractivity contribution is 5.79. The van der Waals surface area contributed by atoms with E-state index in [2.05, 4.69) is 41.3 Å². The summed E-state index contributed by atoms with van der Waals surface area (Å²) in [7, 11) is 1.84. The number of nitrogens with zero attached hydrogens (tertiary/aromatic N) is 2. The van der Waals surface area contributed by atoms with Crippen LogP contribution in [0.25, 0.3) is 11.1 Å². The molecular formula is C23H28N2O3. The predicted molar refractivity (Wildman–Crippen MR) is 109 cm³/mol. The van der Waals surface area contributed by atoms with Crippen molar-refractivity contribution in [3.63, 3.8) is 0 Å². The van der Waals surface area contributed by atoms with Gasteiger partial charge in [-0.25, -0.2) is 4.79 Å². The number of ether oxygens (including phenoxy) is 1. The van der Waals surface area contributed by atoms with Crippen LogP contribution in [0.5, 0.6) is 0 Å².